The van der Waals surface area contributed by atoms with Gasteiger partial charge in [0, 0.05) is 13.1 Å². The van der Waals surface area contributed by atoms with Gasteiger partial charge in [0.05, 0.1) is 13.1 Å². The lowest BCUT2D eigenvalue weighted by Crippen LogP contribution is -2.38. The van der Waals surface area contributed by atoms with Gasteiger partial charge in [-0.15, -0.1) is 12.4 Å². The summed E-state index contributed by atoms with van der Waals surface area (Å²) in [6.07, 6.45) is 1.99. The Morgan fingerprint density at radius 2 is 1.96 bits per heavy atom. The lowest BCUT2D eigenvalue weighted by Gasteiger charge is -2.31. The molecule has 1 aromatic heterocycles. The molecule has 0 bridgehead atoms. The van der Waals surface area contributed by atoms with Crippen LogP contribution in [0.3, 0.4) is 0 Å². The van der Waals surface area contributed by atoms with Crippen molar-refractivity contribution in [2.75, 3.05) is 13.1 Å². The molecule has 1 aromatic carbocycles. The second-order valence-corrected chi connectivity index (χ2v) is 5.36. The third kappa shape index (κ3) is 4.89. The number of nitrogens with two attached hydrogens (primary N) is 1. The van der Waals surface area contributed by atoms with Crippen molar-refractivity contribution >= 4 is 12.4 Å². The first-order valence-electron chi connectivity index (χ1n) is 7.39. The predicted molar refractivity (Wildman–Crippen MR) is 84.8 cm³/mol. The number of hydrogen-bond donors (Lipinski definition) is 1. The number of halogens is 2. The zero-order valence-corrected chi connectivity index (χ0v) is 13.5. The Morgan fingerprint density at radius 3 is 2.57 bits per heavy atom. The van der Waals surface area contributed by atoms with Gasteiger partial charge in [-0.1, -0.05) is 5.16 Å². The molecule has 0 spiro atoms. The number of hydrogen-bond acceptors (Lipinski definition) is 6. The van der Waals surface area contributed by atoms with E-state index in [-0.39, 0.29) is 30.9 Å². The van der Waals surface area contributed by atoms with E-state index in [0.29, 0.717) is 24.0 Å². The van der Waals surface area contributed by atoms with Gasteiger partial charge in [0.1, 0.15) is 17.7 Å². The third-order valence-electron chi connectivity index (χ3n) is 3.70. The molecular formula is C15H20ClFN4O2. The summed E-state index contributed by atoms with van der Waals surface area (Å²) >= 11 is 0. The zero-order chi connectivity index (χ0) is 15.4. The molecule has 0 radical (unpaired) electrons. The van der Waals surface area contributed by atoms with Crippen LogP contribution in [0.1, 0.15) is 24.6 Å². The molecule has 1 aliphatic rings. The topological polar surface area (TPSA) is 77.4 Å². The van der Waals surface area contributed by atoms with E-state index in [1.54, 1.807) is 12.1 Å². The second kappa shape index (κ2) is 8.24. The van der Waals surface area contributed by atoms with Gasteiger partial charge < -0.3 is 15.0 Å². The summed E-state index contributed by atoms with van der Waals surface area (Å²) in [6, 6.07) is 6.15. The number of benzene rings is 1. The highest BCUT2D eigenvalue weighted by molar-refractivity contribution is 5.85. The molecule has 23 heavy (non-hydrogen) atoms. The first-order chi connectivity index (χ1) is 10.7. The van der Waals surface area contributed by atoms with Gasteiger partial charge in [0.15, 0.2) is 5.82 Å². The van der Waals surface area contributed by atoms with Gasteiger partial charge in [-0.05, 0) is 37.1 Å². The maximum atomic E-state index is 12.9. The molecule has 126 valence electrons. The molecule has 6 nitrogen and oxygen atoms in total. The van der Waals surface area contributed by atoms with Gasteiger partial charge in [-0.3, -0.25) is 4.90 Å². The maximum Gasteiger partial charge on any atom is 0.240 e. The minimum atomic E-state index is -0.251. The average Bonchev–Trinajstić information content (AvgIpc) is 2.99. The molecule has 1 fully saturated rings. The molecule has 0 atom stereocenters. The SMILES string of the molecule is Cl.NCc1nc(CN2CCC(Oc3ccc(F)cc3)CC2)no1. The van der Waals surface area contributed by atoms with Crippen LogP contribution >= 0.6 is 12.4 Å². The molecule has 0 aliphatic carbocycles. The van der Waals surface area contributed by atoms with Gasteiger partial charge in [0.25, 0.3) is 0 Å². The molecule has 1 saturated heterocycles. The third-order valence-corrected chi connectivity index (χ3v) is 3.70. The van der Waals surface area contributed by atoms with E-state index in [1.165, 1.54) is 12.1 Å². The highest BCUT2D eigenvalue weighted by atomic mass is 35.5. The van der Waals surface area contributed by atoms with E-state index >= 15 is 0 Å². The Balaban J connectivity index is 0.00000192. The number of ether oxygens (including phenoxy) is 1. The molecule has 0 saturated carbocycles. The van der Waals surface area contributed by atoms with Crippen molar-refractivity contribution in [2.45, 2.75) is 32.0 Å². The largest absolute Gasteiger partial charge is 0.490 e. The van der Waals surface area contributed by atoms with Crippen LogP contribution in [-0.4, -0.2) is 34.2 Å². The van der Waals surface area contributed by atoms with Crippen molar-refractivity contribution < 1.29 is 13.7 Å². The fourth-order valence-corrected chi connectivity index (χ4v) is 2.53. The molecule has 0 amide bonds. The van der Waals surface area contributed by atoms with Gasteiger partial charge in [-0.2, -0.15) is 4.98 Å². The van der Waals surface area contributed by atoms with E-state index < -0.39 is 0 Å². The maximum absolute atomic E-state index is 12.9. The molecule has 8 heteroatoms. The Morgan fingerprint density at radius 1 is 1.26 bits per heavy atom. The van der Waals surface area contributed by atoms with E-state index in [2.05, 4.69) is 15.0 Å². The smallest absolute Gasteiger partial charge is 0.240 e. The fraction of sp³-hybridized carbons (Fsp3) is 0.467. The van der Waals surface area contributed by atoms with Crippen LogP contribution in [0.15, 0.2) is 28.8 Å². The summed E-state index contributed by atoms with van der Waals surface area (Å²) in [5, 5.41) is 3.90. The molecule has 3 rings (SSSR count). The van der Waals surface area contributed by atoms with E-state index in [4.69, 9.17) is 15.0 Å². The van der Waals surface area contributed by atoms with Crippen molar-refractivity contribution in [3.05, 3.63) is 41.8 Å². The normalized spacial score (nSPS) is 16.1. The second-order valence-electron chi connectivity index (χ2n) is 5.36. The van der Waals surface area contributed by atoms with Crippen LogP contribution in [-0.2, 0) is 13.1 Å². The van der Waals surface area contributed by atoms with E-state index in [9.17, 15) is 4.39 Å². The quantitative estimate of drug-likeness (QED) is 0.897. The van der Waals surface area contributed by atoms with E-state index in [0.717, 1.165) is 25.9 Å². The number of nitrogens with zero attached hydrogens (tertiary/aromatic N) is 3. The van der Waals surface area contributed by atoms with Crippen LogP contribution in [0.5, 0.6) is 5.75 Å². The predicted octanol–water partition coefficient (Wildman–Crippen LogP) is 2.13. The zero-order valence-electron chi connectivity index (χ0n) is 12.7. The summed E-state index contributed by atoms with van der Waals surface area (Å²) in [7, 11) is 0. The Hall–Kier alpha value is -1.70. The highest BCUT2D eigenvalue weighted by Crippen LogP contribution is 2.20. The van der Waals surface area contributed by atoms with Crippen LogP contribution in [0.4, 0.5) is 4.39 Å². The first-order valence-corrected chi connectivity index (χ1v) is 7.39. The lowest BCUT2D eigenvalue weighted by molar-refractivity contribution is 0.0948. The minimum absolute atomic E-state index is 0. The molecule has 0 unspecified atom stereocenters. The summed E-state index contributed by atoms with van der Waals surface area (Å²) < 4.78 is 23.7. The first kappa shape index (κ1) is 17.7. The molecule has 1 aliphatic heterocycles. The summed E-state index contributed by atoms with van der Waals surface area (Å²) in [5.74, 6) is 1.59. The molecule has 2 aromatic rings. The van der Waals surface area contributed by atoms with Crippen molar-refractivity contribution in [2.24, 2.45) is 5.73 Å². The van der Waals surface area contributed by atoms with Crippen molar-refractivity contribution in [1.29, 1.82) is 0 Å². The van der Waals surface area contributed by atoms with Gasteiger partial charge in [0.2, 0.25) is 5.89 Å². The lowest BCUT2D eigenvalue weighted by atomic mass is 10.1. The minimum Gasteiger partial charge on any atom is -0.490 e. The Bertz CT molecular complexity index is 600. The number of likely N-dealkylation sites (tertiary alicyclic amines) is 1. The fourth-order valence-electron chi connectivity index (χ4n) is 2.53. The number of piperidine rings is 1. The van der Waals surface area contributed by atoms with Crippen molar-refractivity contribution in [3.63, 3.8) is 0 Å². The summed E-state index contributed by atoms with van der Waals surface area (Å²) in [4.78, 5) is 6.47. The number of rotatable bonds is 5. The molecule has 2 heterocycles. The van der Waals surface area contributed by atoms with Crippen LogP contribution in [0, 0.1) is 5.82 Å². The molecule has 2 N–H and O–H groups in total. The van der Waals surface area contributed by atoms with E-state index in [1.807, 2.05) is 0 Å². The summed E-state index contributed by atoms with van der Waals surface area (Å²) in [5.41, 5.74) is 5.45. The Labute approximate surface area is 140 Å². The monoisotopic (exact) mass is 342 g/mol. The van der Waals surface area contributed by atoms with Gasteiger partial charge in [-0.25, -0.2) is 4.39 Å². The van der Waals surface area contributed by atoms with Gasteiger partial charge >= 0.3 is 0 Å². The molecular weight excluding hydrogens is 323 g/mol. The van der Waals surface area contributed by atoms with Crippen LogP contribution < -0.4 is 10.5 Å². The van der Waals surface area contributed by atoms with Crippen molar-refractivity contribution in [3.8, 4) is 5.75 Å². The standard InChI is InChI=1S/C15H19FN4O2.ClH/c16-11-1-3-12(4-2-11)21-13-5-7-20(8-6-13)10-14-18-15(9-17)22-19-14;/h1-4,13H,5-10,17H2;1H. The average molecular weight is 343 g/mol. The van der Waals surface area contributed by atoms with Crippen molar-refractivity contribution in [1.82, 2.24) is 15.0 Å². The summed E-state index contributed by atoms with van der Waals surface area (Å²) in [6.45, 7) is 2.73. The van der Waals surface area contributed by atoms with Crippen LogP contribution in [0.2, 0.25) is 0 Å². The highest BCUT2D eigenvalue weighted by Gasteiger charge is 2.22. The number of aromatic nitrogens is 2. The van der Waals surface area contributed by atoms with Crippen LogP contribution in [0.25, 0.3) is 0 Å². The Kier molecular flexibility index (Phi) is 6.32.